The zero-order valence-corrected chi connectivity index (χ0v) is 12.1. The third-order valence-corrected chi connectivity index (χ3v) is 3.16. The Kier molecular flexibility index (Phi) is 7.31. The topological polar surface area (TPSA) is 110 Å². The van der Waals surface area contributed by atoms with Gasteiger partial charge in [-0.05, 0) is 30.5 Å². The molecule has 0 fully saturated rings. The van der Waals surface area contributed by atoms with Gasteiger partial charge in [-0.25, -0.2) is 0 Å². The molecular weight excluding hydrogens is 293 g/mol. The number of hydrogen-bond donors (Lipinski definition) is 3. The van der Waals surface area contributed by atoms with E-state index in [1.807, 2.05) is 0 Å². The van der Waals surface area contributed by atoms with Crippen LogP contribution in [0.25, 0.3) is 0 Å². The van der Waals surface area contributed by atoms with Crippen molar-refractivity contribution in [3.8, 4) is 5.75 Å². The van der Waals surface area contributed by atoms with Crippen LogP contribution in [0.2, 0.25) is 0 Å². The summed E-state index contributed by atoms with van der Waals surface area (Å²) in [7, 11) is 0. The number of benzene rings is 1. The van der Waals surface area contributed by atoms with Gasteiger partial charge in [-0.2, -0.15) is 0 Å². The van der Waals surface area contributed by atoms with E-state index in [4.69, 9.17) is 20.7 Å². The summed E-state index contributed by atoms with van der Waals surface area (Å²) < 4.78 is 17.2. The van der Waals surface area contributed by atoms with Crippen LogP contribution in [0.5, 0.6) is 5.75 Å². The molecule has 6 nitrogen and oxygen atoms in total. The summed E-state index contributed by atoms with van der Waals surface area (Å²) in [5.41, 5.74) is 6.13. The third kappa shape index (κ3) is 6.09. The molecule has 0 saturated carbocycles. The van der Waals surface area contributed by atoms with Crippen molar-refractivity contribution in [2.75, 3.05) is 13.3 Å². The molecule has 0 aliphatic heterocycles. The van der Waals surface area contributed by atoms with E-state index in [0.717, 1.165) is 5.56 Å². The van der Waals surface area contributed by atoms with E-state index in [0.29, 0.717) is 12.2 Å². The van der Waals surface area contributed by atoms with Gasteiger partial charge in [0.2, 0.25) is 0 Å². The summed E-state index contributed by atoms with van der Waals surface area (Å²) in [6.45, 7) is -0.163. The van der Waals surface area contributed by atoms with Crippen LogP contribution in [-0.4, -0.2) is 41.5 Å². The highest BCUT2D eigenvalue weighted by atomic mass is 19.1. The highest BCUT2D eigenvalue weighted by Crippen LogP contribution is 2.18. The van der Waals surface area contributed by atoms with E-state index in [1.54, 1.807) is 24.3 Å². The van der Waals surface area contributed by atoms with Crippen molar-refractivity contribution in [3.05, 3.63) is 29.8 Å². The Balaban J connectivity index is 2.62. The van der Waals surface area contributed by atoms with Gasteiger partial charge in [0.1, 0.15) is 11.8 Å². The maximum absolute atomic E-state index is 12.0. The molecule has 0 heterocycles. The monoisotopic (exact) mass is 313 g/mol. The molecule has 0 aliphatic carbocycles. The summed E-state index contributed by atoms with van der Waals surface area (Å²) in [5, 5.41) is 17.9. The molecule has 0 unspecified atom stereocenters. The van der Waals surface area contributed by atoms with Crippen LogP contribution in [0.3, 0.4) is 0 Å². The van der Waals surface area contributed by atoms with Crippen LogP contribution < -0.4 is 10.5 Å². The molecule has 0 aliphatic rings. The lowest BCUT2D eigenvalue weighted by Crippen LogP contribution is -2.35. The minimum absolute atomic E-state index is 0.139. The summed E-state index contributed by atoms with van der Waals surface area (Å²) in [6, 6.07) is 5.54. The normalized spacial score (nSPS) is 13.4. The number of carbonyl (C=O) groups is 2. The molecule has 0 bridgehead atoms. The Labute approximate surface area is 127 Å². The summed E-state index contributed by atoms with van der Waals surface area (Å²) in [6.07, 6.45) is 0.358. The second kappa shape index (κ2) is 8.99. The van der Waals surface area contributed by atoms with E-state index in [2.05, 4.69) is 0 Å². The minimum Gasteiger partial charge on any atom is -0.494 e. The average Bonchev–Trinajstić information content (AvgIpc) is 2.48. The Morgan fingerprint density at radius 2 is 1.82 bits per heavy atom. The Hall–Kier alpha value is -2.15. The predicted octanol–water partition coefficient (Wildman–Crippen LogP) is 1.47. The number of carboxylic acid groups (broad SMARTS) is 2. The SMILES string of the molecule is N[C@H](C[C@H](Cc1ccc(OCCCF)cc1)C(=O)O)C(=O)O. The fourth-order valence-electron chi connectivity index (χ4n) is 1.93. The predicted molar refractivity (Wildman–Crippen MR) is 77.6 cm³/mol. The number of carboxylic acids is 2. The number of aliphatic carboxylic acids is 2. The lowest BCUT2D eigenvalue weighted by molar-refractivity contribution is -0.143. The van der Waals surface area contributed by atoms with Crippen LogP contribution >= 0.6 is 0 Å². The maximum Gasteiger partial charge on any atom is 0.320 e. The molecule has 1 aromatic carbocycles. The zero-order chi connectivity index (χ0) is 16.5. The first-order chi connectivity index (χ1) is 10.4. The van der Waals surface area contributed by atoms with Crippen molar-refractivity contribution < 1.29 is 28.9 Å². The number of hydrogen-bond acceptors (Lipinski definition) is 4. The Morgan fingerprint density at radius 1 is 1.18 bits per heavy atom. The molecule has 0 saturated heterocycles. The molecule has 2 atom stereocenters. The largest absolute Gasteiger partial charge is 0.494 e. The second-order valence-electron chi connectivity index (χ2n) is 4.95. The fraction of sp³-hybridized carbons (Fsp3) is 0.467. The van der Waals surface area contributed by atoms with E-state index in [-0.39, 0.29) is 19.4 Å². The lowest BCUT2D eigenvalue weighted by Gasteiger charge is -2.15. The van der Waals surface area contributed by atoms with Crippen molar-refractivity contribution in [2.24, 2.45) is 11.7 Å². The molecule has 122 valence electrons. The van der Waals surface area contributed by atoms with Gasteiger partial charge in [0.15, 0.2) is 0 Å². The number of alkyl halides is 1. The van der Waals surface area contributed by atoms with Gasteiger partial charge in [-0.1, -0.05) is 12.1 Å². The first-order valence-electron chi connectivity index (χ1n) is 6.93. The van der Waals surface area contributed by atoms with Gasteiger partial charge >= 0.3 is 11.9 Å². The number of nitrogens with two attached hydrogens (primary N) is 1. The Morgan fingerprint density at radius 3 is 2.32 bits per heavy atom. The molecule has 22 heavy (non-hydrogen) atoms. The highest BCUT2D eigenvalue weighted by Gasteiger charge is 2.24. The zero-order valence-electron chi connectivity index (χ0n) is 12.1. The molecule has 0 amide bonds. The van der Waals surface area contributed by atoms with E-state index < -0.39 is 30.6 Å². The molecular formula is C15H20FNO5. The van der Waals surface area contributed by atoms with Crippen LogP contribution in [0, 0.1) is 5.92 Å². The summed E-state index contributed by atoms with van der Waals surface area (Å²) >= 11 is 0. The first kappa shape index (κ1) is 17.9. The van der Waals surface area contributed by atoms with E-state index in [9.17, 15) is 14.0 Å². The van der Waals surface area contributed by atoms with E-state index in [1.165, 1.54) is 0 Å². The molecule has 0 radical (unpaired) electrons. The highest BCUT2D eigenvalue weighted by molar-refractivity contribution is 5.76. The van der Waals surface area contributed by atoms with Crippen molar-refractivity contribution in [1.82, 2.24) is 0 Å². The smallest absolute Gasteiger partial charge is 0.320 e. The maximum atomic E-state index is 12.0. The average molecular weight is 313 g/mol. The molecule has 0 aromatic heterocycles. The van der Waals surface area contributed by atoms with E-state index >= 15 is 0 Å². The standard InChI is InChI=1S/C15H20FNO5/c16-6-1-7-22-12-4-2-10(3-5-12)8-11(14(18)19)9-13(17)15(20)21/h2-5,11,13H,1,6-9,17H2,(H,18,19)(H,20,21)/t11-,13+/m0/s1. The molecule has 0 spiro atoms. The van der Waals surface area contributed by atoms with Gasteiger partial charge < -0.3 is 20.7 Å². The lowest BCUT2D eigenvalue weighted by atomic mass is 9.93. The minimum atomic E-state index is -1.22. The molecule has 1 rings (SSSR count). The van der Waals surface area contributed by atoms with Crippen LogP contribution in [0.15, 0.2) is 24.3 Å². The molecule has 7 heteroatoms. The van der Waals surface area contributed by atoms with Gasteiger partial charge in [0, 0.05) is 6.42 Å². The van der Waals surface area contributed by atoms with Crippen molar-refractivity contribution >= 4 is 11.9 Å². The van der Waals surface area contributed by atoms with Gasteiger partial charge in [-0.3, -0.25) is 14.0 Å². The molecule has 1 aromatic rings. The second-order valence-corrected chi connectivity index (χ2v) is 4.95. The summed E-state index contributed by atoms with van der Waals surface area (Å²) in [5.74, 6) is -2.60. The molecule has 4 N–H and O–H groups in total. The third-order valence-electron chi connectivity index (χ3n) is 3.16. The first-order valence-corrected chi connectivity index (χ1v) is 6.93. The van der Waals surface area contributed by atoms with Crippen molar-refractivity contribution in [2.45, 2.75) is 25.3 Å². The van der Waals surface area contributed by atoms with Gasteiger partial charge in [0.05, 0.1) is 19.2 Å². The van der Waals surface area contributed by atoms with Gasteiger partial charge in [-0.15, -0.1) is 0 Å². The number of halogens is 1. The number of ether oxygens (including phenoxy) is 1. The number of rotatable bonds is 10. The van der Waals surface area contributed by atoms with Crippen LogP contribution in [-0.2, 0) is 16.0 Å². The van der Waals surface area contributed by atoms with Crippen molar-refractivity contribution in [3.63, 3.8) is 0 Å². The Bertz CT molecular complexity index is 491. The fourth-order valence-corrected chi connectivity index (χ4v) is 1.93. The van der Waals surface area contributed by atoms with Crippen molar-refractivity contribution in [1.29, 1.82) is 0 Å². The van der Waals surface area contributed by atoms with Gasteiger partial charge in [0.25, 0.3) is 0 Å². The van der Waals surface area contributed by atoms with Crippen LogP contribution in [0.1, 0.15) is 18.4 Å². The van der Waals surface area contributed by atoms with Crippen LogP contribution in [0.4, 0.5) is 4.39 Å². The summed E-state index contributed by atoms with van der Waals surface area (Å²) in [4.78, 5) is 21.9. The quantitative estimate of drug-likeness (QED) is 0.564.